The first-order valence-corrected chi connectivity index (χ1v) is 6.82. The van der Waals surface area contributed by atoms with Gasteiger partial charge in [-0.25, -0.2) is 0 Å². The van der Waals surface area contributed by atoms with Crippen molar-refractivity contribution in [3.8, 4) is 0 Å². The van der Waals surface area contributed by atoms with E-state index < -0.39 is 0 Å². The minimum Gasteiger partial charge on any atom is -0.381 e. The number of likely N-dealkylation sites (N-methyl/N-ethyl adjacent to an activating group) is 1. The van der Waals surface area contributed by atoms with Crippen molar-refractivity contribution in [2.24, 2.45) is 5.92 Å². The van der Waals surface area contributed by atoms with Gasteiger partial charge in [0.25, 0.3) is 0 Å². The van der Waals surface area contributed by atoms with Gasteiger partial charge in [0.15, 0.2) is 0 Å². The third kappa shape index (κ3) is 4.00. The molecule has 100 valence electrons. The number of ether oxygens (including phenoxy) is 1. The van der Waals surface area contributed by atoms with Crippen molar-refractivity contribution in [1.82, 2.24) is 5.32 Å². The molecule has 1 saturated heterocycles. The summed E-state index contributed by atoms with van der Waals surface area (Å²) in [6.07, 6.45) is 1.21. The lowest BCUT2D eigenvalue weighted by Crippen LogP contribution is -2.32. The fraction of sp³-hybridized carbons (Fsp3) is 0.600. The summed E-state index contributed by atoms with van der Waals surface area (Å²) in [7, 11) is 2.14. The molecule has 1 atom stereocenters. The monoisotopic (exact) mass is 248 g/mol. The number of aryl methyl sites for hydroxylation is 1. The normalized spacial score (nSPS) is 19.1. The van der Waals surface area contributed by atoms with E-state index in [-0.39, 0.29) is 0 Å². The van der Waals surface area contributed by atoms with E-state index in [9.17, 15) is 0 Å². The van der Waals surface area contributed by atoms with Crippen LogP contribution in [0.2, 0.25) is 0 Å². The second-order valence-corrected chi connectivity index (χ2v) is 5.19. The third-order valence-corrected chi connectivity index (χ3v) is 3.56. The van der Waals surface area contributed by atoms with Gasteiger partial charge in [-0.3, -0.25) is 0 Å². The number of benzene rings is 1. The summed E-state index contributed by atoms with van der Waals surface area (Å²) in [5.41, 5.74) is 2.60. The molecule has 0 saturated carbocycles. The summed E-state index contributed by atoms with van der Waals surface area (Å²) < 4.78 is 5.37. The number of anilines is 1. The van der Waals surface area contributed by atoms with E-state index in [4.69, 9.17) is 4.74 Å². The van der Waals surface area contributed by atoms with Gasteiger partial charge in [0.1, 0.15) is 0 Å². The van der Waals surface area contributed by atoms with Crippen LogP contribution in [0.4, 0.5) is 5.69 Å². The van der Waals surface area contributed by atoms with E-state index in [1.54, 1.807) is 0 Å². The van der Waals surface area contributed by atoms with Crippen LogP contribution in [0.25, 0.3) is 0 Å². The molecule has 1 unspecified atom stereocenters. The van der Waals surface area contributed by atoms with E-state index in [1.807, 2.05) is 0 Å². The van der Waals surface area contributed by atoms with Crippen LogP contribution in [0.3, 0.4) is 0 Å². The lowest BCUT2D eigenvalue weighted by atomic mass is 10.1. The summed E-state index contributed by atoms with van der Waals surface area (Å²) in [6.45, 7) is 7.14. The lowest BCUT2D eigenvalue weighted by Gasteiger charge is -2.20. The Balaban J connectivity index is 1.64. The fourth-order valence-electron chi connectivity index (χ4n) is 2.23. The molecule has 3 nitrogen and oxygen atoms in total. The highest BCUT2D eigenvalue weighted by atomic mass is 16.5. The Morgan fingerprint density at radius 1 is 1.33 bits per heavy atom. The molecular weight excluding hydrogens is 224 g/mol. The van der Waals surface area contributed by atoms with Gasteiger partial charge < -0.3 is 15.0 Å². The Kier molecular flexibility index (Phi) is 5.02. The van der Waals surface area contributed by atoms with E-state index >= 15 is 0 Å². The summed E-state index contributed by atoms with van der Waals surface area (Å²) >= 11 is 0. The molecule has 1 aliphatic heterocycles. The quantitative estimate of drug-likeness (QED) is 0.780. The minimum atomic E-state index is 0.717. The Labute approximate surface area is 110 Å². The van der Waals surface area contributed by atoms with Crippen LogP contribution >= 0.6 is 0 Å². The maximum atomic E-state index is 5.37. The highest BCUT2D eigenvalue weighted by molar-refractivity contribution is 5.46. The molecular formula is C15H24N2O. The van der Waals surface area contributed by atoms with Crippen molar-refractivity contribution < 1.29 is 4.74 Å². The average Bonchev–Trinajstić information content (AvgIpc) is 2.88. The zero-order valence-corrected chi connectivity index (χ0v) is 11.5. The Morgan fingerprint density at radius 2 is 2.11 bits per heavy atom. The fourth-order valence-corrected chi connectivity index (χ4v) is 2.23. The van der Waals surface area contributed by atoms with E-state index in [0.717, 1.165) is 38.8 Å². The Bertz CT molecular complexity index is 344. The van der Waals surface area contributed by atoms with Crippen LogP contribution in [-0.2, 0) is 4.74 Å². The summed E-state index contributed by atoms with van der Waals surface area (Å²) in [6, 6.07) is 8.69. The topological polar surface area (TPSA) is 24.5 Å². The summed E-state index contributed by atoms with van der Waals surface area (Å²) in [4.78, 5) is 2.29. The molecule has 1 aliphatic rings. The molecule has 1 aromatic rings. The standard InChI is InChI=1S/C15H24N2O/c1-13-3-5-15(6-4-13)17(2)9-8-16-11-14-7-10-18-12-14/h3-6,14,16H,7-12H2,1-2H3. The first-order valence-electron chi connectivity index (χ1n) is 6.82. The lowest BCUT2D eigenvalue weighted by molar-refractivity contribution is 0.185. The molecule has 3 heteroatoms. The van der Waals surface area contributed by atoms with E-state index in [0.29, 0.717) is 0 Å². The van der Waals surface area contributed by atoms with Crippen LogP contribution in [0.15, 0.2) is 24.3 Å². The minimum absolute atomic E-state index is 0.717. The van der Waals surface area contributed by atoms with Gasteiger partial charge in [-0.2, -0.15) is 0 Å². The van der Waals surface area contributed by atoms with Gasteiger partial charge in [-0.1, -0.05) is 17.7 Å². The maximum Gasteiger partial charge on any atom is 0.0507 e. The second kappa shape index (κ2) is 6.76. The predicted octanol–water partition coefficient (Wildman–Crippen LogP) is 2.06. The number of hydrogen-bond donors (Lipinski definition) is 1. The highest BCUT2D eigenvalue weighted by Crippen LogP contribution is 2.13. The van der Waals surface area contributed by atoms with Crippen LogP contribution in [0.5, 0.6) is 0 Å². The molecule has 1 aromatic carbocycles. The summed E-state index contributed by atoms with van der Waals surface area (Å²) in [5, 5.41) is 3.52. The largest absolute Gasteiger partial charge is 0.381 e. The molecule has 0 aliphatic carbocycles. The van der Waals surface area contributed by atoms with Gasteiger partial charge in [0.05, 0.1) is 6.61 Å². The highest BCUT2D eigenvalue weighted by Gasteiger charge is 2.14. The van der Waals surface area contributed by atoms with E-state index in [2.05, 4.69) is 48.5 Å². The van der Waals surface area contributed by atoms with Crippen LogP contribution < -0.4 is 10.2 Å². The Hall–Kier alpha value is -1.06. The number of nitrogens with zero attached hydrogens (tertiary/aromatic N) is 1. The van der Waals surface area contributed by atoms with E-state index in [1.165, 1.54) is 17.7 Å². The van der Waals surface area contributed by atoms with Crippen molar-refractivity contribution in [2.75, 3.05) is 44.8 Å². The number of rotatable bonds is 6. The van der Waals surface area contributed by atoms with Crippen molar-refractivity contribution in [3.63, 3.8) is 0 Å². The molecule has 0 spiro atoms. The van der Waals surface area contributed by atoms with Gasteiger partial charge in [0, 0.05) is 39.0 Å². The number of nitrogens with one attached hydrogen (secondary N) is 1. The van der Waals surface area contributed by atoms with Gasteiger partial charge >= 0.3 is 0 Å². The molecule has 0 aromatic heterocycles. The zero-order valence-electron chi connectivity index (χ0n) is 11.5. The molecule has 0 bridgehead atoms. The molecule has 1 N–H and O–H groups in total. The van der Waals surface area contributed by atoms with Gasteiger partial charge in [-0.15, -0.1) is 0 Å². The van der Waals surface area contributed by atoms with Crippen molar-refractivity contribution in [2.45, 2.75) is 13.3 Å². The van der Waals surface area contributed by atoms with Crippen LogP contribution in [0, 0.1) is 12.8 Å². The van der Waals surface area contributed by atoms with Crippen LogP contribution in [0.1, 0.15) is 12.0 Å². The third-order valence-electron chi connectivity index (χ3n) is 3.56. The molecule has 2 rings (SSSR count). The predicted molar refractivity (Wildman–Crippen MR) is 76.2 cm³/mol. The first kappa shape index (κ1) is 13.4. The average molecular weight is 248 g/mol. The Morgan fingerprint density at radius 3 is 2.78 bits per heavy atom. The molecule has 1 heterocycles. The van der Waals surface area contributed by atoms with Crippen LogP contribution in [-0.4, -0.2) is 39.9 Å². The smallest absolute Gasteiger partial charge is 0.0507 e. The summed E-state index contributed by atoms with van der Waals surface area (Å²) in [5.74, 6) is 0.717. The van der Waals surface area contributed by atoms with Gasteiger partial charge in [0.2, 0.25) is 0 Å². The molecule has 0 radical (unpaired) electrons. The molecule has 18 heavy (non-hydrogen) atoms. The molecule has 0 amide bonds. The van der Waals surface area contributed by atoms with Gasteiger partial charge in [-0.05, 0) is 31.4 Å². The second-order valence-electron chi connectivity index (χ2n) is 5.19. The SMILES string of the molecule is Cc1ccc(N(C)CCNCC2CCOC2)cc1. The van der Waals surface area contributed by atoms with Crippen molar-refractivity contribution in [3.05, 3.63) is 29.8 Å². The first-order chi connectivity index (χ1) is 8.75. The maximum absolute atomic E-state index is 5.37. The zero-order chi connectivity index (χ0) is 12.8. The molecule has 1 fully saturated rings. The van der Waals surface area contributed by atoms with Crippen molar-refractivity contribution in [1.29, 1.82) is 0 Å². The van der Waals surface area contributed by atoms with Crippen molar-refractivity contribution >= 4 is 5.69 Å². The number of hydrogen-bond acceptors (Lipinski definition) is 3.